The molecule has 0 radical (unpaired) electrons. The summed E-state index contributed by atoms with van der Waals surface area (Å²) in [6, 6.07) is 3.94. The minimum atomic E-state index is -5.03. The van der Waals surface area contributed by atoms with Gasteiger partial charge in [0.25, 0.3) is 5.91 Å². The number of alkyl halides is 3. The number of primary amides is 1. The number of benzene rings is 3. The number of halogens is 6. The molecule has 2 amide bonds. The highest BCUT2D eigenvalue weighted by atomic mass is 35.5. The van der Waals surface area contributed by atoms with Gasteiger partial charge < -0.3 is 16.2 Å². The Hall–Kier alpha value is -4.36. The van der Waals surface area contributed by atoms with Crippen LogP contribution in [-0.2, 0) is 18.0 Å². The zero-order valence-electron chi connectivity index (χ0n) is 22.0. The molecule has 3 aromatic carbocycles. The van der Waals surface area contributed by atoms with Gasteiger partial charge in [0, 0.05) is 46.5 Å². The summed E-state index contributed by atoms with van der Waals surface area (Å²) < 4.78 is 72.2. The quantitative estimate of drug-likeness (QED) is 0.267. The molecular weight excluding hydrogens is 599 g/mol. The number of Topliss-reactive ketones (excluding diaryl/α,β-unsaturated/α-hetero) is 1. The van der Waals surface area contributed by atoms with Crippen LogP contribution in [0.1, 0.15) is 68.1 Å². The third-order valence-electron chi connectivity index (χ3n) is 8.00. The monoisotopic (exact) mass is 618 g/mol. The van der Waals surface area contributed by atoms with Gasteiger partial charge in [-0.05, 0) is 48.4 Å². The Balaban J connectivity index is 1.74. The molecule has 0 spiro atoms. The highest BCUT2D eigenvalue weighted by Gasteiger charge is 2.42. The number of aromatic nitrogens is 2. The molecule has 6 rings (SSSR count). The van der Waals surface area contributed by atoms with Gasteiger partial charge >= 0.3 is 6.18 Å². The molecule has 14 heteroatoms. The van der Waals surface area contributed by atoms with Gasteiger partial charge in [0.2, 0.25) is 5.91 Å². The molecule has 0 saturated heterocycles. The zero-order chi connectivity index (χ0) is 31.1. The van der Waals surface area contributed by atoms with Crippen molar-refractivity contribution in [1.29, 1.82) is 0 Å². The molecule has 8 nitrogen and oxygen atoms in total. The number of amides is 2. The first-order chi connectivity index (χ1) is 20.2. The van der Waals surface area contributed by atoms with Crippen molar-refractivity contribution in [2.24, 2.45) is 18.7 Å². The molecule has 222 valence electrons. The third kappa shape index (κ3) is 4.45. The first-order valence-electron chi connectivity index (χ1n) is 12.9. The van der Waals surface area contributed by atoms with Gasteiger partial charge in [-0.1, -0.05) is 11.6 Å². The summed E-state index contributed by atoms with van der Waals surface area (Å²) in [5, 5.41) is 18.3. The van der Waals surface area contributed by atoms with Crippen molar-refractivity contribution in [1.82, 2.24) is 15.1 Å². The number of carbonyl (C=O) groups is 3. The number of fused-ring (bicyclic) bond motifs is 3. The van der Waals surface area contributed by atoms with E-state index >= 15 is 4.39 Å². The van der Waals surface area contributed by atoms with Crippen LogP contribution in [0.2, 0.25) is 5.02 Å². The average Bonchev–Trinajstić information content (AvgIpc) is 3.43. The number of hydrogen-bond acceptors (Lipinski definition) is 5. The molecule has 0 bridgehead atoms. The molecule has 1 fully saturated rings. The highest BCUT2D eigenvalue weighted by Crippen LogP contribution is 2.48. The summed E-state index contributed by atoms with van der Waals surface area (Å²) in [6.07, 6.45) is -5.77. The van der Waals surface area contributed by atoms with Crippen molar-refractivity contribution in [2.45, 2.75) is 31.2 Å². The molecule has 1 aromatic heterocycles. The molecule has 3 atom stereocenters. The number of aliphatic hydroxyl groups excluding tert-OH is 1. The van der Waals surface area contributed by atoms with Crippen LogP contribution in [0.25, 0.3) is 22.0 Å². The molecule has 3 unspecified atom stereocenters. The fraction of sp³-hybridized carbons (Fsp3) is 0.241. The molecule has 4 N–H and O–H groups in total. The van der Waals surface area contributed by atoms with Gasteiger partial charge in [-0.15, -0.1) is 0 Å². The number of aliphatic hydroxyl groups is 1. The van der Waals surface area contributed by atoms with Gasteiger partial charge in [0.1, 0.15) is 29.0 Å². The van der Waals surface area contributed by atoms with E-state index < -0.39 is 64.4 Å². The Labute approximate surface area is 244 Å². The van der Waals surface area contributed by atoms with E-state index in [1.165, 1.54) is 23.9 Å². The summed E-state index contributed by atoms with van der Waals surface area (Å²) in [6.45, 7) is 0. The Bertz CT molecular complexity index is 1900. The van der Waals surface area contributed by atoms with Crippen LogP contribution < -0.4 is 11.1 Å². The van der Waals surface area contributed by atoms with E-state index in [0.717, 1.165) is 12.1 Å². The Morgan fingerprint density at radius 3 is 2.49 bits per heavy atom. The average molecular weight is 619 g/mol. The van der Waals surface area contributed by atoms with Crippen LogP contribution in [0.5, 0.6) is 0 Å². The fourth-order valence-corrected chi connectivity index (χ4v) is 6.11. The highest BCUT2D eigenvalue weighted by molar-refractivity contribution is 6.31. The number of rotatable bonds is 5. The van der Waals surface area contributed by atoms with E-state index in [-0.39, 0.29) is 62.1 Å². The molecule has 2 heterocycles. The molecule has 4 aromatic rings. The van der Waals surface area contributed by atoms with Gasteiger partial charge in [-0.25, -0.2) is 8.78 Å². The summed E-state index contributed by atoms with van der Waals surface area (Å²) >= 11 is 6.36. The van der Waals surface area contributed by atoms with Gasteiger partial charge in [-0.2, -0.15) is 18.3 Å². The van der Waals surface area contributed by atoms with Crippen molar-refractivity contribution in [2.75, 3.05) is 0 Å². The van der Waals surface area contributed by atoms with Crippen LogP contribution in [0, 0.1) is 17.6 Å². The SMILES string of the molecule is Cn1nc2c3c(c(-c4c(F)cc(C(F)(F)F)cc4C(N)=O)cc2c1C(O)C1CCC1=O)C(c1cc(F)ccc1Cl)NC3=O. The summed E-state index contributed by atoms with van der Waals surface area (Å²) in [7, 11) is 1.45. The lowest BCUT2D eigenvalue weighted by molar-refractivity contribution is -0.138. The summed E-state index contributed by atoms with van der Waals surface area (Å²) in [5.41, 5.74) is 2.17. The van der Waals surface area contributed by atoms with Crippen LogP contribution in [0.15, 0.2) is 36.4 Å². The van der Waals surface area contributed by atoms with Crippen LogP contribution in [0.3, 0.4) is 0 Å². The fourth-order valence-electron chi connectivity index (χ4n) is 5.89. The second-order valence-corrected chi connectivity index (χ2v) is 10.9. The van der Waals surface area contributed by atoms with E-state index in [1.807, 2.05) is 0 Å². The molecule has 1 saturated carbocycles. The maximum absolute atomic E-state index is 15.8. The van der Waals surface area contributed by atoms with Crippen molar-refractivity contribution >= 4 is 40.1 Å². The van der Waals surface area contributed by atoms with E-state index in [4.69, 9.17) is 17.3 Å². The third-order valence-corrected chi connectivity index (χ3v) is 8.35. The predicted molar refractivity (Wildman–Crippen MR) is 143 cm³/mol. The second-order valence-electron chi connectivity index (χ2n) is 10.5. The smallest absolute Gasteiger partial charge is 0.386 e. The topological polar surface area (TPSA) is 127 Å². The number of hydrogen-bond donors (Lipinski definition) is 3. The molecule has 43 heavy (non-hydrogen) atoms. The zero-order valence-corrected chi connectivity index (χ0v) is 22.8. The van der Waals surface area contributed by atoms with E-state index in [2.05, 4.69) is 10.4 Å². The lowest BCUT2D eigenvalue weighted by atomic mass is 9.77. The number of nitrogens with zero attached hydrogens (tertiary/aromatic N) is 2. The maximum Gasteiger partial charge on any atom is 0.416 e. The van der Waals surface area contributed by atoms with Crippen LogP contribution >= 0.6 is 11.6 Å². The Kier molecular flexibility index (Phi) is 6.58. The van der Waals surface area contributed by atoms with E-state index in [1.54, 1.807) is 0 Å². The van der Waals surface area contributed by atoms with Crippen molar-refractivity contribution < 1.29 is 41.4 Å². The van der Waals surface area contributed by atoms with E-state index in [0.29, 0.717) is 12.5 Å². The Morgan fingerprint density at radius 1 is 1.16 bits per heavy atom. The minimum absolute atomic E-state index is 0.00856. The van der Waals surface area contributed by atoms with Crippen LogP contribution in [-0.4, -0.2) is 32.5 Å². The molecule has 1 aliphatic heterocycles. The van der Waals surface area contributed by atoms with Gasteiger partial charge in [-0.3, -0.25) is 19.1 Å². The lowest BCUT2D eigenvalue weighted by Gasteiger charge is -2.29. The predicted octanol–water partition coefficient (Wildman–Crippen LogP) is 5.13. The Morgan fingerprint density at radius 2 is 1.88 bits per heavy atom. The van der Waals surface area contributed by atoms with Crippen molar-refractivity contribution in [3.05, 3.63) is 86.6 Å². The van der Waals surface area contributed by atoms with Crippen LogP contribution in [0.4, 0.5) is 22.0 Å². The second kappa shape index (κ2) is 9.85. The van der Waals surface area contributed by atoms with Crippen molar-refractivity contribution in [3.63, 3.8) is 0 Å². The normalized spacial score (nSPS) is 18.9. The summed E-state index contributed by atoms with van der Waals surface area (Å²) in [5.74, 6) is -5.33. The molecular formula is C29H20ClF5N4O4. The van der Waals surface area contributed by atoms with Crippen molar-refractivity contribution in [3.8, 4) is 11.1 Å². The number of aryl methyl sites for hydroxylation is 1. The number of nitrogens with two attached hydrogens (primary N) is 1. The number of ketones is 1. The standard InChI is InChI=1S/C29H20ClF5N4O4/c1-39-25(26(41)12-3-5-19(12)40)16-9-14(20-15(27(36)42)6-10(7-18(20)32)29(33,34)35)21-22(24(16)38-39)28(43)37-23(21)13-8-11(31)2-4-17(13)30/h2,4,6-9,12,23,26,41H,3,5H2,1H3,(H2,36,42)(H,37,43). The summed E-state index contributed by atoms with van der Waals surface area (Å²) in [4.78, 5) is 38.2. The molecule has 1 aliphatic carbocycles. The number of carbonyl (C=O) groups excluding carboxylic acids is 3. The first-order valence-corrected chi connectivity index (χ1v) is 13.3. The van der Waals surface area contributed by atoms with E-state index in [9.17, 15) is 37.1 Å². The number of nitrogens with one attached hydrogen (secondary N) is 1. The lowest BCUT2D eigenvalue weighted by Crippen LogP contribution is -2.32. The van der Waals surface area contributed by atoms with Gasteiger partial charge in [0.15, 0.2) is 0 Å². The maximum atomic E-state index is 15.8. The largest absolute Gasteiger partial charge is 0.416 e. The molecule has 2 aliphatic rings. The first kappa shape index (κ1) is 28.7. The van der Waals surface area contributed by atoms with Gasteiger partial charge in [0.05, 0.1) is 28.4 Å². The minimum Gasteiger partial charge on any atom is -0.386 e.